The lowest BCUT2D eigenvalue weighted by molar-refractivity contribution is 0.215. The van der Waals surface area contributed by atoms with E-state index in [1.165, 1.54) is 32.1 Å². The fraction of sp³-hybridized carbons (Fsp3) is 0.929. The van der Waals surface area contributed by atoms with E-state index < -0.39 is 0 Å². The van der Waals surface area contributed by atoms with Gasteiger partial charge in [0.1, 0.15) is 0 Å². The minimum absolute atomic E-state index is 0. The first-order chi connectivity index (χ1) is 8.66. The largest absolute Gasteiger partial charge is 0.370 e. The average Bonchev–Trinajstić information content (AvgIpc) is 3.05. The molecule has 0 bridgehead atoms. The van der Waals surface area contributed by atoms with Gasteiger partial charge in [-0.1, -0.05) is 6.42 Å². The van der Waals surface area contributed by atoms with Gasteiger partial charge in [-0.05, 0) is 45.4 Å². The van der Waals surface area contributed by atoms with Gasteiger partial charge in [0.15, 0.2) is 5.96 Å². The standard InChI is InChI=1S/C14H28N4.HI/c1-11(2)18(13-6-7-13)9-8-16-14(15)17-10-12-4-3-5-12;/h11-13H,3-10H2,1-2H3,(H3,15,16,17);1H. The maximum absolute atomic E-state index is 5.88. The minimum atomic E-state index is 0. The zero-order chi connectivity index (χ0) is 13.0. The molecule has 5 heteroatoms. The Morgan fingerprint density at radius 3 is 2.47 bits per heavy atom. The molecule has 0 aromatic rings. The lowest BCUT2D eigenvalue weighted by atomic mass is 9.86. The van der Waals surface area contributed by atoms with E-state index in [0.29, 0.717) is 12.0 Å². The summed E-state index contributed by atoms with van der Waals surface area (Å²) in [5.74, 6) is 1.42. The summed E-state index contributed by atoms with van der Waals surface area (Å²) in [6, 6.07) is 1.45. The Morgan fingerprint density at radius 1 is 1.32 bits per heavy atom. The summed E-state index contributed by atoms with van der Waals surface area (Å²) in [5, 5.41) is 3.24. The Hall–Kier alpha value is -0.0400. The number of nitrogens with one attached hydrogen (secondary N) is 1. The van der Waals surface area contributed by atoms with E-state index in [1.54, 1.807) is 0 Å². The molecule has 0 aromatic carbocycles. The number of rotatable bonds is 7. The van der Waals surface area contributed by atoms with Crippen molar-refractivity contribution in [3.63, 3.8) is 0 Å². The molecular formula is C14H29IN4. The van der Waals surface area contributed by atoms with Crippen LogP contribution in [-0.2, 0) is 0 Å². The van der Waals surface area contributed by atoms with Crippen LogP contribution < -0.4 is 11.1 Å². The summed E-state index contributed by atoms with van der Waals surface area (Å²) in [5.41, 5.74) is 5.88. The number of guanidine groups is 1. The Morgan fingerprint density at radius 2 is 2.00 bits per heavy atom. The van der Waals surface area contributed by atoms with Crippen molar-refractivity contribution in [1.29, 1.82) is 0 Å². The highest BCUT2D eigenvalue weighted by atomic mass is 127. The number of nitrogens with zero attached hydrogens (tertiary/aromatic N) is 2. The van der Waals surface area contributed by atoms with Gasteiger partial charge in [0, 0.05) is 31.7 Å². The van der Waals surface area contributed by atoms with Crippen molar-refractivity contribution in [1.82, 2.24) is 10.2 Å². The molecule has 0 aliphatic heterocycles. The third-order valence-corrected chi connectivity index (χ3v) is 4.10. The molecule has 0 unspecified atom stereocenters. The molecule has 2 aliphatic rings. The van der Waals surface area contributed by atoms with E-state index >= 15 is 0 Å². The van der Waals surface area contributed by atoms with Crippen LogP contribution in [0.5, 0.6) is 0 Å². The SMILES string of the molecule is CC(C)N(CCNC(N)=NCC1CCC1)C1CC1.I. The van der Waals surface area contributed by atoms with Gasteiger partial charge in [0.05, 0.1) is 0 Å². The van der Waals surface area contributed by atoms with E-state index in [0.717, 1.165) is 31.6 Å². The Balaban J connectivity index is 0.00000180. The molecule has 2 rings (SSSR count). The van der Waals surface area contributed by atoms with Gasteiger partial charge in [-0.3, -0.25) is 9.89 Å². The second-order valence-electron chi connectivity index (χ2n) is 6.01. The second kappa shape index (κ2) is 8.29. The van der Waals surface area contributed by atoms with E-state index in [9.17, 15) is 0 Å². The van der Waals surface area contributed by atoms with Crippen LogP contribution in [0.1, 0.15) is 46.0 Å². The van der Waals surface area contributed by atoms with E-state index in [4.69, 9.17) is 5.73 Å². The quantitative estimate of drug-likeness (QED) is 0.405. The van der Waals surface area contributed by atoms with E-state index in [1.807, 2.05) is 0 Å². The van der Waals surface area contributed by atoms with Gasteiger partial charge in [0.2, 0.25) is 0 Å². The topological polar surface area (TPSA) is 53.6 Å². The van der Waals surface area contributed by atoms with E-state index in [-0.39, 0.29) is 24.0 Å². The van der Waals surface area contributed by atoms with Gasteiger partial charge < -0.3 is 11.1 Å². The zero-order valence-corrected chi connectivity index (χ0v) is 14.6. The molecule has 0 spiro atoms. The monoisotopic (exact) mass is 380 g/mol. The van der Waals surface area contributed by atoms with Crippen LogP contribution in [0.4, 0.5) is 0 Å². The third-order valence-electron chi connectivity index (χ3n) is 4.10. The Bertz CT molecular complexity index is 283. The number of nitrogens with two attached hydrogens (primary N) is 1. The molecule has 2 aliphatic carbocycles. The van der Waals surface area contributed by atoms with Crippen LogP contribution in [0.3, 0.4) is 0 Å². The maximum Gasteiger partial charge on any atom is 0.188 e. The first kappa shape index (κ1) is 17.0. The van der Waals surface area contributed by atoms with Crippen molar-refractivity contribution in [2.24, 2.45) is 16.6 Å². The van der Waals surface area contributed by atoms with Crippen molar-refractivity contribution in [3.05, 3.63) is 0 Å². The molecule has 3 N–H and O–H groups in total. The van der Waals surface area contributed by atoms with Crippen LogP contribution in [0.15, 0.2) is 4.99 Å². The summed E-state index contributed by atoms with van der Waals surface area (Å²) in [6.45, 7) is 7.44. The summed E-state index contributed by atoms with van der Waals surface area (Å²) in [4.78, 5) is 6.97. The smallest absolute Gasteiger partial charge is 0.188 e. The van der Waals surface area contributed by atoms with Crippen molar-refractivity contribution >= 4 is 29.9 Å². The molecule has 0 amide bonds. The Kier molecular flexibility index (Phi) is 7.42. The van der Waals surface area contributed by atoms with Crippen LogP contribution in [0.2, 0.25) is 0 Å². The third kappa shape index (κ3) is 5.85. The summed E-state index contributed by atoms with van der Waals surface area (Å²) < 4.78 is 0. The first-order valence-corrected chi connectivity index (χ1v) is 7.46. The Labute approximate surface area is 134 Å². The van der Waals surface area contributed by atoms with Crippen molar-refractivity contribution < 1.29 is 0 Å². The molecule has 19 heavy (non-hydrogen) atoms. The fourth-order valence-corrected chi connectivity index (χ4v) is 2.54. The molecule has 112 valence electrons. The molecule has 0 heterocycles. The summed E-state index contributed by atoms with van der Waals surface area (Å²) in [6.07, 6.45) is 6.77. The summed E-state index contributed by atoms with van der Waals surface area (Å²) >= 11 is 0. The van der Waals surface area contributed by atoms with Crippen LogP contribution in [-0.4, -0.2) is 42.6 Å². The molecule has 0 atom stereocenters. The predicted octanol–water partition coefficient (Wildman–Crippen LogP) is 2.18. The predicted molar refractivity (Wildman–Crippen MR) is 92.1 cm³/mol. The minimum Gasteiger partial charge on any atom is -0.370 e. The summed E-state index contributed by atoms with van der Waals surface area (Å²) in [7, 11) is 0. The highest BCUT2D eigenvalue weighted by molar-refractivity contribution is 14.0. The first-order valence-electron chi connectivity index (χ1n) is 7.46. The molecule has 0 radical (unpaired) electrons. The normalized spacial score (nSPS) is 20.3. The lowest BCUT2D eigenvalue weighted by Crippen LogP contribution is -2.42. The highest BCUT2D eigenvalue weighted by Crippen LogP contribution is 2.28. The van der Waals surface area contributed by atoms with Gasteiger partial charge in [0.25, 0.3) is 0 Å². The second-order valence-corrected chi connectivity index (χ2v) is 6.01. The fourth-order valence-electron chi connectivity index (χ4n) is 2.54. The number of aliphatic imine (C=N–C) groups is 1. The van der Waals surface area contributed by atoms with Crippen LogP contribution in [0, 0.1) is 5.92 Å². The lowest BCUT2D eigenvalue weighted by Gasteiger charge is -2.26. The van der Waals surface area contributed by atoms with Crippen molar-refractivity contribution in [2.45, 2.75) is 58.0 Å². The average molecular weight is 380 g/mol. The molecular weight excluding hydrogens is 351 g/mol. The number of halogens is 1. The van der Waals surface area contributed by atoms with Crippen LogP contribution in [0.25, 0.3) is 0 Å². The molecule has 2 fully saturated rings. The highest BCUT2D eigenvalue weighted by Gasteiger charge is 2.29. The van der Waals surface area contributed by atoms with Crippen LogP contribution >= 0.6 is 24.0 Å². The zero-order valence-electron chi connectivity index (χ0n) is 12.3. The van der Waals surface area contributed by atoms with Gasteiger partial charge in [-0.15, -0.1) is 24.0 Å². The van der Waals surface area contributed by atoms with Crippen molar-refractivity contribution in [3.8, 4) is 0 Å². The maximum atomic E-state index is 5.88. The van der Waals surface area contributed by atoms with Gasteiger partial charge in [-0.2, -0.15) is 0 Å². The van der Waals surface area contributed by atoms with Crippen molar-refractivity contribution in [2.75, 3.05) is 19.6 Å². The molecule has 2 saturated carbocycles. The number of hydrogen-bond donors (Lipinski definition) is 2. The molecule has 4 nitrogen and oxygen atoms in total. The van der Waals surface area contributed by atoms with E-state index in [2.05, 4.69) is 29.1 Å². The molecule has 0 aromatic heterocycles. The van der Waals surface area contributed by atoms with Gasteiger partial charge >= 0.3 is 0 Å². The van der Waals surface area contributed by atoms with Gasteiger partial charge in [-0.25, -0.2) is 0 Å². The number of hydrogen-bond acceptors (Lipinski definition) is 2. The molecule has 0 saturated heterocycles.